The number of rotatable bonds is 20. The number of nitrogens with two attached hydrogens (primary N) is 1. The number of carbonyl (C=O) groups excluding carboxylic acids is 3. The van der Waals surface area contributed by atoms with Gasteiger partial charge in [-0.2, -0.15) is 8.42 Å². The van der Waals surface area contributed by atoms with Crippen LogP contribution in [0.1, 0.15) is 163 Å². The molecule has 0 unspecified atom stereocenters. The first-order valence-corrected chi connectivity index (χ1v) is 25.2. The van der Waals surface area contributed by atoms with Gasteiger partial charge in [0.2, 0.25) is 0 Å². The van der Waals surface area contributed by atoms with Gasteiger partial charge in [-0.1, -0.05) is 46.6 Å². The Morgan fingerprint density at radius 2 is 1.31 bits per heavy atom. The van der Waals surface area contributed by atoms with Crippen molar-refractivity contribution in [2.45, 2.75) is 175 Å². The van der Waals surface area contributed by atoms with Crippen molar-refractivity contribution in [2.24, 2.45) is 5.14 Å². The minimum atomic E-state index is -4.41. The van der Waals surface area contributed by atoms with Gasteiger partial charge in [-0.05, 0) is 132 Å². The van der Waals surface area contributed by atoms with Crippen molar-refractivity contribution in [2.75, 3.05) is 13.7 Å². The molecule has 2 aromatic rings. The fourth-order valence-electron chi connectivity index (χ4n) is 9.80. The van der Waals surface area contributed by atoms with E-state index in [1.807, 2.05) is 13.8 Å². The number of fused-ring (bicyclic) bond motifs is 6. The number of esters is 1. The van der Waals surface area contributed by atoms with E-state index in [1.165, 1.54) is 46.4 Å². The first-order valence-electron chi connectivity index (χ1n) is 23.7. The number of hydrogen-bond acceptors (Lipinski definition) is 12. The number of aromatic hydroxyl groups is 2. The third-order valence-corrected chi connectivity index (χ3v) is 14.4. The summed E-state index contributed by atoms with van der Waals surface area (Å²) in [5.41, 5.74) is 4.92. The minimum Gasteiger partial charge on any atom is -0.508 e. The molecular weight excluding hydrogens is 891 g/mol. The molecule has 5 N–H and O–H groups in total. The van der Waals surface area contributed by atoms with Crippen LogP contribution in [0.25, 0.3) is 0 Å². The minimum absolute atomic E-state index is 0.00310. The summed E-state index contributed by atoms with van der Waals surface area (Å²) in [4.78, 5) is 44.6. The molecule has 16 heteroatoms. The number of phenols is 2. The molecule has 2 aromatic carbocycles. The lowest BCUT2D eigenvalue weighted by molar-refractivity contribution is -0.146. The average Bonchev–Trinajstić information content (AvgIpc) is 3.74. The van der Waals surface area contributed by atoms with Crippen molar-refractivity contribution in [1.29, 1.82) is 0 Å². The van der Waals surface area contributed by atoms with Crippen LogP contribution < -0.4 is 14.6 Å². The fraction of sp³-hybridized carbons (Fsp3) is 0.558. The summed E-state index contributed by atoms with van der Waals surface area (Å²) in [6.07, 6.45) is 12.8. The smallest absolute Gasteiger partial charge is 0.333 e. The van der Waals surface area contributed by atoms with Gasteiger partial charge >= 0.3 is 16.3 Å². The molecule has 4 aliphatic rings. The Balaban J connectivity index is 1.16. The van der Waals surface area contributed by atoms with E-state index in [4.69, 9.17) is 23.5 Å². The van der Waals surface area contributed by atoms with E-state index in [1.54, 1.807) is 11.8 Å². The van der Waals surface area contributed by atoms with Crippen LogP contribution in [0.5, 0.6) is 23.0 Å². The van der Waals surface area contributed by atoms with E-state index >= 15 is 0 Å². The Labute approximate surface area is 401 Å². The van der Waals surface area contributed by atoms with Crippen molar-refractivity contribution in [3.05, 3.63) is 92.1 Å². The predicted octanol–water partition coefficient (Wildman–Crippen LogP) is 8.31. The Kier molecular flexibility index (Phi) is 16.3. The molecule has 0 fully saturated rings. The Hall–Kier alpha value is -5.16. The molecule has 0 saturated heterocycles. The Morgan fingerprint density at radius 3 is 1.85 bits per heavy atom. The van der Waals surface area contributed by atoms with Crippen LogP contribution >= 0.6 is 0 Å². The monoisotopic (exact) mass is 961 g/mol. The van der Waals surface area contributed by atoms with Crippen molar-refractivity contribution < 1.29 is 56.5 Å². The van der Waals surface area contributed by atoms with Gasteiger partial charge in [0.25, 0.3) is 11.8 Å². The number of nitrogens with zero attached hydrogens (tertiary/aromatic N) is 2. The lowest BCUT2D eigenvalue weighted by atomic mass is 9.84. The van der Waals surface area contributed by atoms with Gasteiger partial charge in [0, 0.05) is 41.6 Å². The molecule has 0 spiro atoms. The second-order valence-electron chi connectivity index (χ2n) is 19.9. The van der Waals surface area contributed by atoms with E-state index < -0.39 is 51.6 Å². The largest absolute Gasteiger partial charge is 0.508 e. The van der Waals surface area contributed by atoms with Crippen molar-refractivity contribution in [1.82, 2.24) is 9.80 Å². The highest BCUT2D eigenvalue weighted by Crippen LogP contribution is 2.49. The maximum Gasteiger partial charge on any atom is 0.333 e. The molecule has 372 valence electrons. The predicted molar refractivity (Wildman–Crippen MR) is 259 cm³/mol. The highest BCUT2D eigenvalue weighted by molar-refractivity contribution is 7.84. The third-order valence-electron chi connectivity index (χ3n) is 13.9. The van der Waals surface area contributed by atoms with Crippen LogP contribution in [0, 0.1) is 0 Å². The zero-order valence-electron chi connectivity index (χ0n) is 41.2. The molecule has 6 rings (SSSR count). The number of allylic oxidation sites excluding steroid dienone is 8. The molecule has 0 saturated carbocycles. The van der Waals surface area contributed by atoms with Crippen LogP contribution in [-0.2, 0) is 49.9 Å². The molecule has 15 nitrogen and oxygen atoms in total. The number of aliphatic hydroxyl groups excluding tert-OH is 1. The molecular formula is C52H71N3O12S. The van der Waals surface area contributed by atoms with Gasteiger partial charge in [-0.15, -0.1) is 0 Å². The van der Waals surface area contributed by atoms with E-state index in [0.29, 0.717) is 59.4 Å². The molecule has 4 heterocycles. The van der Waals surface area contributed by atoms with Crippen molar-refractivity contribution in [3.63, 3.8) is 0 Å². The van der Waals surface area contributed by atoms with Crippen LogP contribution in [0.3, 0.4) is 0 Å². The molecule has 0 bridgehead atoms. The molecule has 0 aromatic heterocycles. The number of carbonyl (C=O) groups is 3. The number of aliphatic hydroxyl groups is 1. The number of amides is 2. The van der Waals surface area contributed by atoms with Gasteiger partial charge in [-0.25, -0.2) is 9.93 Å². The van der Waals surface area contributed by atoms with Crippen molar-refractivity contribution >= 4 is 28.1 Å². The average molecular weight is 962 g/mol. The molecule has 5 atom stereocenters. The topological polar surface area (TPSA) is 215 Å². The highest BCUT2D eigenvalue weighted by Gasteiger charge is 2.48. The van der Waals surface area contributed by atoms with E-state index in [2.05, 4.69) is 58.9 Å². The molecule has 0 aliphatic carbocycles. The van der Waals surface area contributed by atoms with E-state index in [0.717, 1.165) is 25.7 Å². The van der Waals surface area contributed by atoms with Gasteiger partial charge in [0.1, 0.15) is 46.3 Å². The number of ether oxygens (including phenoxy) is 3. The number of methoxy groups -OCH3 is 1. The highest BCUT2D eigenvalue weighted by atomic mass is 32.2. The fourth-order valence-corrected chi connectivity index (χ4v) is 10.4. The van der Waals surface area contributed by atoms with Gasteiger partial charge in [0.15, 0.2) is 0 Å². The van der Waals surface area contributed by atoms with E-state index in [-0.39, 0.29) is 73.9 Å². The standard InChI is InChI=1S/C52H71N3O12S/c1-31(2)15-10-17-33(5)19-12-22-51(7)44(58)27-37-42(56)26-36-40(46(37)65-51)30-55(49(36)60)41(50(61)64-9)21-14-24-54-29-39-35(48(54)59)25-43(57)38-28-45(67-68(53,62)63)52(8,66-47(38)39)23-13-20-34(6)18-11-16-32(3)4/h15-16,19-20,25-26,41,44-45,56-58H,10-14,17-18,21-24,27-30H2,1-9H3,(H2,53,62,63)/b33-19+,34-20+/t41-,44-,45-,51+,52+/m0/s1. The number of phenolic OH excluding ortho intramolecular Hbond substituents is 2. The van der Waals surface area contributed by atoms with Crippen LogP contribution in [0.4, 0.5) is 0 Å². The molecule has 68 heavy (non-hydrogen) atoms. The van der Waals surface area contributed by atoms with Crippen LogP contribution in [-0.4, -0.2) is 94.4 Å². The first kappa shape index (κ1) is 52.2. The van der Waals surface area contributed by atoms with Gasteiger partial charge < -0.3 is 39.3 Å². The second-order valence-corrected chi connectivity index (χ2v) is 21.1. The summed E-state index contributed by atoms with van der Waals surface area (Å²) >= 11 is 0. The summed E-state index contributed by atoms with van der Waals surface area (Å²) in [6, 6.07) is 1.69. The van der Waals surface area contributed by atoms with Gasteiger partial charge in [-0.3, -0.25) is 13.8 Å². The lowest BCUT2D eigenvalue weighted by Gasteiger charge is -2.42. The summed E-state index contributed by atoms with van der Waals surface area (Å²) in [5.74, 6) is -1.26. The van der Waals surface area contributed by atoms with Crippen molar-refractivity contribution in [3.8, 4) is 23.0 Å². The Morgan fingerprint density at radius 1 is 0.794 bits per heavy atom. The van der Waals surface area contributed by atoms with Crippen LogP contribution in [0.15, 0.2) is 58.7 Å². The molecule has 4 aliphatic heterocycles. The number of benzene rings is 2. The normalized spacial score (nSPS) is 22.7. The molecule has 0 radical (unpaired) electrons. The van der Waals surface area contributed by atoms with Gasteiger partial charge in [0.05, 0.1) is 37.4 Å². The quantitative estimate of drug-likeness (QED) is 0.0728. The summed E-state index contributed by atoms with van der Waals surface area (Å²) in [6.45, 7) is 16.3. The summed E-state index contributed by atoms with van der Waals surface area (Å²) in [7, 11) is -3.16. The van der Waals surface area contributed by atoms with E-state index in [9.17, 15) is 38.1 Å². The second kappa shape index (κ2) is 21.2. The first-order chi connectivity index (χ1) is 31.9. The number of hydrogen-bond donors (Lipinski definition) is 4. The summed E-state index contributed by atoms with van der Waals surface area (Å²) < 4.78 is 48.3. The third kappa shape index (κ3) is 11.8. The zero-order chi connectivity index (χ0) is 49.9. The maximum atomic E-state index is 14.1. The zero-order valence-corrected chi connectivity index (χ0v) is 42.0. The van der Waals surface area contributed by atoms with Crippen LogP contribution in [0.2, 0.25) is 0 Å². The maximum absolute atomic E-state index is 14.1. The Bertz CT molecular complexity index is 2520. The SMILES string of the molecule is COC(=O)[C@H](CCCN1Cc2c(cc(O)c3c2O[C@](C)(CC/C=C(\C)CCC=C(C)C)[C@@H](OS(N)(=O)=O)C3)C1=O)N1Cc2c(cc(O)c3c2O[C@](C)(CC/C=C(\C)CCC=C(C)C)[C@@H](O)C3)C1=O. The lowest BCUT2D eigenvalue weighted by Crippen LogP contribution is -2.52. The molecule has 2 amide bonds. The summed E-state index contributed by atoms with van der Waals surface area (Å²) in [5, 5.41) is 39.1.